The number of benzene rings is 2. The maximum atomic E-state index is 13.5. The van der Waals surface area contributed by atoms with Gasteiger partial charge in [0, 0.05) is 23.0 Å². The molecular weight excluding hydrogens is 571 g/mol. The summed E-state index contributed by atoms with van der Waals surface area (Å²) in [5.41, 5.74) is 0.769. The number of methoxy groups -OCH3 is 1. The molecule has 0 spiro atoms. The fourth-order valence-electron chi connectivity index (χ4n) is 4.35. The maximum Gasteiger partial charge on any atom is 0.416 e. The number of carbonyl (C=O) groups is 3. The number of aromatic amines is 1. The summed E-state index contributed by atoms with van der Waals surface area (Å²) in [4.78, 5) is 46.2. The molecule has 2 amide bonds. The van der Waals surface area contributed by atoms with E-state index in [2.05, 4.69) is 15.1 Å². The number of imidazole rings is 1. The molecule has 5 rings (SSSR count). The highest BCUT2D eigenvalue weighted by atomic mass is 35.5. The molecule has 14 heteroatoms. The van der Waals surface area contributed by atoms with Gasteiger partial charge in [-0.3, -0.25) is 19.2 Å². The number of fused-ring (bicyclic) bond motifs is 1. The van der Waals surface area contributed by atoms with Crippen LogP contribution in [0.15, 0.2) is 60.0 Å². The summed E-state index contributed by atoms with van der Waals surface area (Å²) in [7, 11) is 1.17. The average molecular weight is 590 g/mol. The van der Waals surface area contributed by atoms with Crippen LogP contribution in [0.4, 0.5) is 18.0 Å². The van der Waals surface area contributed by atoms with E-state index < -0.39 is 34.9 Å². The molecule has 0 radical (unpaired) electrons. The molecule has 1 fully saturated rings. The van der Waals surface area contributed by atoms with Gasteiger partial charge in [-0.15, -0.1) is 0 Å². The molecule has 2 aromatic heterocycles. The van der Waals surface area contributed by atoms with Gasteiger partial charge in [0.05, 0.1) is 47.9 Å². The number of hydrogen-bond acceptors (Lipinski definition) is 7. The summed E-state index contributed by atoms with van der Waals surface area (Å²) >= 11 is 6.47. The first kappa shape index (κ1) is 27.5. The molecule has 9 nitrogen and oxygen atoms in total. The van der Waals surface area contributed by atoms with Crippen molar-refractivity contribution in [3.63, 3.8) is 0 Å². The lowest BCUT2D eigenvalue weighted by Gasteiger charge is -2.22. The van der Waals surface area contributed by atoms with Crippen LogP contribution in [0.2, 0.25) is 5.02 Å². The van der Waals surface area contributed by atoms with Crippen molar-refractivity contribution in [1.29, 1.82) is 0 Å². The van der Waals surface area contributed by atoms with E-state index in [1.165, 1.54) is 42.5 Å². The minimum atomic E-state index is -4.58. The monoisotopic (exact) mass is 589 g/mol. The Labute approximate surface area is 233 Å². The number of amides is 2. The van der Waals surface area contributed by atoms with Gasteiger partial charge in [-0.1, -0.05) is 23.7 Å². The van der Waals surface area contributed by atoms with Crippen LogP contribution in [0.5, 0.6) is 0 Å². The SMILES string of the molecule is COC(=O)C(Cc1c[nH]cn1)N1C(=O)SC(=Cc2ccc3c(cnn3Cc3ccc(Cl)cc3C(F)(F)F)c2)C1=O. The highest BCUT2D eigenvalue weighted by molar-refractivity contribution is 8.18. The third-order valence-corrected chi connectivity index (χ3v) is 7.35. The van der Waals surface area contributed by atoms with Gasteiger partial charge in [-0.25, -0.2) is 9.78 Å². The Morgan fingerprint density at radius 3 is 2.73 bits per heavy atom. The first-order valence-electron chi connectivity index (χ1n) is 11.7. The molecule has 0 bridgehead atoms. The Morgan fingerprint density at radius 1 is 1.23 bits per heavy atom. The number of alkyl halides is 3. The minimum Gasteiger partial charge on any atom is -0.467 e. The van der Waals surface area contributed by atoms with Crippen LogP contribution in [-0.2, 0) is 33.5 Å². The van der Waals surface area contributed by atoms with Gasteiger partial charge in [-0.2, -0.15) is 18.3 Å². The topological polar surface area (TPSA) is 110 Å². The quantitative estimate of drug-likeness (QED) is 0.230. The zero-order chi connectivity index (χ0) is 28.6. The minimum absolute atomic E-state index is 0.00894. The molecule has 4 aromatic rings. The zero-order valence-electron chi connectivity index (χ0n) is 20.6. The van der Waals surface area contributed by atoms with Crippen molar-refractivity contribution in [3.05, 3.63) is 87.4 Å². The predicted molar refractivity (Wildman–Crippen MR) is 141 cm³/mol. The van der Waals surface area contributed by atoms with Gasteiger partial charge in [0.1, 0.15) is 6.04 Å². The normalized spacial score (nSPS) is 15.8. The van der Waals surface area contributed by atoms with Crippen molar-refractivity contribution in [2.45, 2.75) is 25.2 Å². The molecule has 1 unspecified atom stereocenters. The van der Waals surface area contributed by atoms with Crippen molar-refractivity contribution < 1.29 is 32.3 Å². The first-order chi connectivity index (χ1) is 19.0. The van der Waals surface area contributed by atoms with E-state index in [-0.39, 0.29) is 28.5 Å². The average Bonchev–Trinajstić information content (AvgIpc) is 3.63. The van der Waals surface area contributed by atoms with Gasteiger partial charge >= 0.3 is 12.1 Å². The number of aromatic nitrogens is 4. The van der Waals surface area contributed by atoms with Crippen LogP contribution in [-0.4, -0.2) is 54.9 Å². The fourth-order valence-corrected chi connectivity index (χ4v) is 5.40. The third-order valence-electron chi connectivity index (χ3n) is 6.23. The van der Waals surface area contributed by atoms with E-state index in [4.69, 9.17) is 16.3 Å². The number of imide groups is 1. The van der Waals surface area contributed by atoms with Crippen molar-refractivity contribution in [2.75, 3.05) is 7.11 Å². The van der Waals surface area contributed by atoms with E-state index in [0.29, 0.717) is 33.9 Å². The largest absolute Gasteiger partial charge is 0.467 e. The molecule has 0 saturated carbocycles. The molecule has 40 heavy (non-hydrogen) atoms. The van der Waals surface area contributed by atoms with Gasteiger partial charge in [0.2, 0.25) is 0 Å². The van der Waals surface area contributed by atoms with Crippen LogP contribution in [0, 0.1) is 0 Å². The summed E-state index contributed by atoms with van der Waals surface area (Å²) in [5.74, 6) is -1.41. The number of hydrogen-bond donors (Lipinski definition) is 1. The Bertz CT molecular complexity index is 1650. The van der Waals surface area contributed by atoms with Crippen LogP contribution in [0.1, 0.15) is 22.4 Å². The number of H-pyrrole nitrogens is 1. The molecule has 1 saturated heterocycles. The van der Waals surface area contributed by atoms with E-state index in [1.54, 1.807) is 24.4 Å². The Hall–Kier alpha value is -4.10. The highest BCUT2D eigenvalue weighted by Crippen LogP contribution is 2.36. The second-order valence-corrected chi connectivity index (χ2v) is 10.2. The standard InChI is InChI=1S/C26H19ClF3N5O4S/c1-39-24(37)21(9-18-11-31-13-32-18)35-23(36)22(40-25(35)38)7-14-2-5-20-16(6-14)10-33-34(20)12-15-3-4-17(27)8-19(15)26(28,29)30/h2-8,10-11,13,21H,9,12H2,1H3,(H,31,32). The predicted octanol–water partition coefficient (Wildman–Crippen LogP) is 5.30. The molecule has 1 atom stereocenters. The molecule has 206 valence electrons. The number of nitrogens with one attached hydrogen (secondary N) is 1. The number of nitrogens with zero attached hydrogens (tertiary/aromatic N) is 4. The van der Waals surface area contributed by atoms with Crippen LogP contribution >= 0.6 is 23.4 Å². The fraction of sp³-hybridized carbons (Fsp3) is 0.192. The first-order valence-corrected chi connectivity index (χ1v) is 12.9. The number of halogens is 4. The van der Waals surface area contributed by atoms with E-state index in [1.807, 2.05) is 0 Å². The number of esters is 1. The molecule has 1 N–H and O–H groups in total. The highest BCUT2D eigenvalue weighted by Gasteiger charge is 2.43. The third kappa shape index (κ3) is 5.47. The molecule has 0 aliphatic carbocycles. The van der Waals surface area contributed by atoms with Gasteiger partial charge in [0.15, 0.2) is 0 Å². The van der Waals surface area contributed by atoms with Crippen LogP contribution < -0.4 is 0 Å². The van der Waals surface area contributed by atoms with Crippen molar-refractivity contribution >= 4 is 57.5 Å². The Morgan fingerprint density at radius 2 is 2.02 bits per heavy atom. The summed E-state index contributed by atoms with van der Waals surface area (Å²) < 4.78 is 46.8. The Kier molecular flexibility index (Phi) is 7.43. The second-order valence-electron chi connectivity index (χ2n) is 8.78. The van der Waals surface area contributed by atoms with Gasteiger partial charge in [-0.05, 0) is 53.2 Å². The van der Waals surface area contributed by atoms with Gasteiger partial charge in [0.25, 0.3) is 11.1 Å². The zero-order valence-corrected chi connectivity index (χ0v) is 22.2. The lowest BCUT2D eigenvalue weighted by atomic mass is 10.1. The van der Waals surface area contributed by atoms with Crippen molar-refractivity contribution in [2.24, 2.45) is 0 Å². The van der Waals surface area contributed by atoms with E-state index in [9.17, 15) is 27.6 Å². The number of rotatable bonds is 7. The lowest BCUT2D eigenvalue weighted by Crippen LogP contribution is -2.46. The van der Waals surface area contributed by atoms with Crippen molar-refractivity contribution in [1.82, 2.24) is 24.6 Å². The summed E-state index contributed by atoms with van der Waals surface area (Å²) in [6.45, 7) is -0.140. The molecular formula is C26H19ClF3N5O4S. The van der Waals surface area contributed by atoms with Crippen molar-refractivity contribution in [3.8, 4) is 0 Å². The summed E-state index contributed by atoms with van der Waals surface area (Å²) in [6, 6.07) is 7.41. The molecule has 2 aromatic carbocycles. The number of carbonyl (C=O) groups excluding carboxylic acids is 3. The molecule has 1 aliphatic heterocycles. The van der Waals surface area contributed by atoms with E-state index >= 15 is 0 Å². The van der Waals surface area contributed by atoms with Crippen LogP contribution in [0.3, 0.4) is 0 Å². The maximum absolute atomic E-state index is 13.5. The van der Waals surface area contributed by atoms with E-state index in [0.717, 1.165) is 11.0 Å². The molecule has 3 heterocycles. The number of ether oxygens (including phenoxy) is 1. The summed E-state index contributed by atoms with van der Waals surface area (Å²) in [6.07, 6.45) is 1.38. The van der Waals surface area contributed by atoms with Gasteiger partial charge < -0.3 is 9.72 Å². The second kappa shape index (κ2) is 10.8. The summed E-state index contributed by atoms with van der Waals surface area (Å²) in [5, 5.41) is 4.20. The molecule has 1 aliphatic rings. The smallest absolute Gasteiger partial charge is 0.416 e. The Balaban J connectivity index is 1.40. The van der Waals surface area contributed by atoms with Crippen LogP contribution in [0.25, 0.3) is 17.0 Å². The number of thioether (sulfide) groups is 1. The lowest BCUT2D eigenvalue weighted by molar-refractivity contribution is -0.148.